The molecule has 2 aromatic carbocycles. The van der Waals surface area contributed by atoms with Gasteiger partial charge in [0.2, 0.25) is 0 Å². The van der Waals surface area contributed by atoms with Gasteiger partial charge in [0.05, 0.1) is 11.6 Å². The van der Waals surface area contributed by atoms with Gasteiger partial charge in [0, 0.05) is 0 Å². The second-order valence-corrected chi connectivity index (χ2v) is 3.18. The molecule has 2 aromatic rings. The molecule has 13 heavy (non-hydrogen) atoms. The van der Waals surface area contributed by atoms with Crippen molar-refractivity contribution in [1.29, 1.82) is 5.26 Å². The zero-order valence-electron chi connectivity index (χ0n) is 7.41. The summed E-state index contributed by atoms with van der Waals surface area (Å²) in [7, 11) is 0. The third-order valence-corrected chi connectivity index (χ3v) is 2.12. The molecule has 0 spiro atoms. The zero-order valence-corrected chi connectivity index (χ0v) is 7.41. The number of hydrogen-bond donors (Lipinski definition) is 0. The van der Waals surface area contributed by atoms with Crippen LogP contribution in [0.3, 0.4) is 0 Å². The van der Waals surface area contributed by atoms with E-state index in [2.05, 4.69) is 25.1 Å². The molecule has 0 bridgehead atoms. The van der Waals surface area contributed by atoms with Crippen LogP contribution in [0, 0.1) is 18.3 Å². The lowest BCUT2D eigenvalue weighted by Gasteiger charge is -1.98. The van der Waals surface area contributed by atoms with E-state index in [1.165, 1.54) is 10.9 Å². The minimum absolute atomic E-state index is 0.719. The van der Waals surface area contributed by atoms with E-state index in [0.717, 1.165) is 10.9 Å². The molecule has 0 saturated carbocycles. The Morgan fingerprint density at radius 3 is 2.46 bits per heavy atom. The van der Waals surface area contributed by atoms with Gasteiger partial charge in [-0.1, -0.05) is 29.8 Å². The summed E-state index contributed by atoms with van der Waals surface area (Å²) in [5.41, 5.74) is 1.97. The van der Waals surface area contributed by atoms with Crippen LogP contribution in [0.5, 0.6) is 0 Å². The standard InChI is InChI=1S/C12H9N/c1-9-2-4-12-7-10(8-13)3-5-11(12)6-9/h2-7H,1H3. The van der Waals surface area contributed by atoms with E-state index < -0.39 is 0 Å². The molecule has 0 amide bonds. The van der Waals surface area contributed by atoms with Crippen LogP contribution in [0.25, 0.3) is 10.8 Å². The number of nitriles is 1. The van der Waals surface area contributed by atoms with Crippen LogP contribution in [0.1, 0.15) is 11.1 Å². The molecule has 0 saturated heterocycles. The number of fused-ring (bicyclic) bond motifs is 1. The van der Waals surface area contributed by atoms with Crippen molar-refractivity contribution >= 4 is 10.8 Å². The van der Waals surface area contributed by atoms with Crippen molar-refractivity contribution in [3.8, 4) is 6.07 Å². The van der Waals surface area contributed by atoms with E-state index in [-0.39, 0.29) is 0 Å². The Labute approximate surface area is 77.2 Å². The first kappa shape index (κ1) is 7.82. The fraction of sp³-hybridized carbons (Fsp3) is 0.0833. The molecule has 2 rings (SSSR count). The van der Waals surface area contributed by atoms with Gasteiger partial charge >= 0.3 is 0 Å². The Bertz CT molecular complexity index is 492. The smallest absolute Gasteiger partial charge is 0.0991 e. The molecule has 1 nitrogen and oxygen atoms in total. The molecule has 0 heterocycles. The van der Waals surface area contributed by atoms with Gasteiger partial charge in [-0.25, -0.2) is 0 Å². The summed E-state index contributed by atoms with van der Waals surface area (Å²) in [6, 6.07) is 14.1. The monoisotopic (exact) mass is 167 g/mol. The topological polar surface area (TPSA) is 23.8 Å². The van der Waals surface area contributed by atoms with Gasteiger partial charge in [-0.2, -0.15) is 5.26 Å². The van der Waals surface area contributed by atoms with Crippen LogP contribution in [0.15, 0.2) is 36.4 Å². The number of benzene rings is 2. The van der Waals surface area contributed by atoms with E-state index >= 15 is 0 Å². The molecule has 62 valence electrons. The van der Waals surface area contributed by atoms with E-state index in [1.54, 1.807) is 0 Å². The van der Waals surface area contributed by atoms with Crippen LogP contribution >= 0.6 is 0 Å². The predicted molar refractivity (Wildman–Crippen MR) is 53.4 cm³/mol. The highest BCUT2D eigenvalue weighted by molar-refractivity contribution is 5.84. The van der Waals surface area contributed by atoms with Crippen LogP contribution in [0.4, 0.5) is 0 Å². The second kappa shape index (κ2) is 2.91. The first-order valence-electron chi connectivity index (χ1n) is 4.20. The fourth-order valence-corrected chi connectivity index (χ4v) is 1.43. The largest absolute Gasteiger partial charge is 0.192 e. The normalized spacial score (nSPS) is 9.85. The Morgan fingerprint density at radius 2 is 1.69 bits per heavy atom. The number of aryl methyl sites for hydroxylation is 1. The molecule has 0 atom stereocenters. The third-order valence-electron chi connectivity index (χ3n) is 2.12. The first-order valence-corrected chi connectivity index (χ1v) is 4.20. The van der Waals surface area contributed by atoms with E-state index in [4.69, 9.17) is 5.26 Å². The summed E-state index contributed by atoms with van der Waals surface area (Å²) < 4.78 is 0. The van der Waals surface area contributed by atoms with Crippen molar-refractivity contribution in [2.45, 2.75) is 6.92 Å². The van der Waals surface area contributed by atoms with Gasteiger partial charge in [-0.05, 0) is 29.8 Å². The molecule has 0 aliphatic rings. The predicted octanol–water partition coefficient (Wildman–Crippen LogP) is 3.02. The molecule has 0 unspecified atom stereocenters. The minimum atomic E-state index is 0.719. The van der Waals surface area contributed by atoms with Crippen LogP contribution < -0.4 is 0 Å². The average molecular weight is 167 g/mol. The molecular formula is C12H9N. The Morgan fingerprint density at radius 1 is 1.00 bits per heavy atom. The maximum atomic E-state index is 8.70. The van der Waals surface area contributed by atoms with Crippen molar-refractivity contribution in [3.63, 3.8) is 0 Å². The van der Waals surface area contributed by atoms with Gasteiger partial charge in [0.25, 0.3) is 0 Å². The van der Waals surface area contributed by atoms with Crippen molar-refractivity contribution in [1.82, 2.24) is 0 Å². The molecule has 0 aromatic heterocycles. The average Bonchev–Trinajstić information content (AvgIpc) is 2.17. The SMILES string of the molecule is Cc1ccc2cc(C#N)ccc2c1. The molecule has 0 radical (unpaired) electrons. The number of rotatable bonds is 0. The molecular weight excluding hydrogens is 158 g/mol. The lowest BCUT2D eigenvalue weighted by Crippen LogP contribution is -1.77. The van der Waals surface area contributed by atoms with E-state index in [0.29, 0.717) is 0 Å². The molecule has 0 aliphatic heterocycles. The van der Waals surface area contributed by atoms with Gasteiger partial charge < -0.3 is 0 Å². The third kappa shape index (κ3) is 1.39. The summed E-state index contributed by atoms with van der Waals surface area (Å²) in [6.45, 7) is 2.07. The van der Waals surface area contributed by atoms with Gasteiger partial charge in [0.1, 0.15) is 0 Å². The zero-order chi connectivity index (χ0) is 9.26. The summed E-state index contributed by atoms with van der Waals surface area (Å²) in [5.74, 6) is 0. The first-order chi connectivity index (χ1) is 6.29. The second-order valence-electron chi connectivity index (χ2n) is 3.18. The van der Waals surface area contributed by atoms with Gasteiger partial charge in [0.15, 0.2) is 0 Å². The summed E-state index contributed by atoms with van der Waals surface area (Å²) in [5, 5.41) is 11.0. The van der Waals surface area contributed by atoms with Crippen LogP contribution in [-0.2, 0) is 0 Å². The number of hydrogen-bond acceptors (Lipinski definition) is 1. The van der Waals surface area contributed by atoms with Crippen LogP contribution in [-0.4, -0.2) is 0 Å². The highest BCUT2D eigenvalue weighted by atomic mass is 14.2. The lowest BCUT2D eigenvalue weighted by molar-refractivity contribution is 1.48. The maximum Gasteiger partial charge on any atom is 0.0991 e. The highest BCUT2D eigenvalue weighted by Crippen LogP contribution is 2.16. The van der Waals surface area contributed by atoms with Crippen LogP contribution in [0.2, 0.25) is 0 Å². The maximum absolute atomic E-state index is 8.70. The van der Waals surface area contributed by atoms with Gasteiger partial charge in [-0.15, -0.1) is 0 Å². The molecule has 0 aliphatic carbocycles. The van der Waals surface area contributed by atoms with Crippen molar-refractivity contribution in [2.24, 2.45) is 0 Å². The van der Waals surface area contributed by atoms with E-state index in [1.807, 2.05) is 24.3 Å². The molecule has 0 N–H and O–H groups in total. The lowest BCUT2D eigenvalue weighted by atomic mass is 10.1. The Hall–Kier alpha value is -1.81. The fourth-order valence-electron chi connectivity index (χ4n) is 1.43. The van der Waals surface area contributed by atoms with Gasteiger partial charge in [-0.3, -0.25) is 0 Å². The number of nitrogens with zero attached hydrogens (tertiary/aromatic N) is 1. The van der Waals surface area contributed by atoms with E-state index in [9.17, 15) is 0 Å². The minimum Gasteiger partial charge on any atom is -0.192 e. The quantitative estimate of drug-likeness (QED) is 0.591. The summed E-state index contributed by atoms with van der Waals surface area (Å²) in [4.78, 5) is 0. The Kier molecular flexibility index (Phi) is 1.75. The Balaban J connectivity index is 2.75. The summed E-state index contributed by atoms with van der Waals surface area (Å²) in [6.07, 6.45) is 0. The molecule has 0 fully saturated rings. The summed E-state index contributed by atoms with van der Waals surface area (Å²) >= 11 is 0. The van der Waals surface area contributed by atoms with Crippen molar-refractivity contribution in [3.05, 3.63) is 47.5 Å². The highest BCUT2D eigenvalue weighted by Gasteiger charge is 1.95. The molecule has 1 heteroatoms. The van der Waals surface area contributed by atoms with Crippen molar-refractivity contribution in [2.75, 3.05) is 0 Å². The van der Waals surface area contributed by atoms with Crippen molar-refractivity contribution < 1.29 is 0 Å².